The fraction of sp³-hybridized carbons (Fsp3) is 0.333. The molecule has 0 amide bonds. The topological polar surface area (TPSA) is 30.0 Å². The third-order valence-corrected chi connectivity index (χ3v) is 4.63. The molecule has 3 heteroatoms. The highest BCUT2D eigenvalue weighted by Gasteiger charge is 2.23. The number of ketones is 1. The van der Waals surface area contributed by atoms with Crippen molar-refractivity contribution in [1.82, 2.24) is 4.98 Å². The molecule has 0 radical (unpaired) electrons. The average Bonchev–Trinajstić information content (AvgIpc) is 3.12. The van der Waals surface area contributed by atoms with E-state index in [1.165, 1.54) is 29.7 Å². The van der Waals surface area contributed by atoms with E-state index in [0.717, 1.165) is 27.1 Å². The molecule has 3 rings (SSSR count). The van der Waals surface area contributed by atoms with Gasteiger partial charge >= 0.3 is 0 Å². The number of aromatic nitrogens is 1. The van der Waals surface area contributed by atoms with Crippen LogP contribution in [0.25, 0.3) is 10.6 Å². The summed E-state index contributed by atoms with van der Waals surface area (Å²) in [6, 6.07) is 8.63. The number of aryl methyl sites for hydroxylation is 1. The minimum Gasteiger partial charge on any atom is -0.294 e. The normalized spacial score (nSPS) is 14.8. The van der Waals surface area contributed by atoms with Crippen LogP contribution in [0.15, 0.2) is 24.3 Å². The van der Waals surface area contributed by atoms with Gasteiger partial charge in [-0.2, -0.15) is 0 Å². The summed E-state index contributed by atoms with van der Waals surface area (Å²) in [5.41, 5.74) is 3.38. The molecule has 0 unspecified atom stereocenters. The number of hydrogen-bond donors (Lipinski definition) is 0. The number of Topliss-reactive ketones (excluding diaryl/α,β-unsaturated/α-hetero) is 1. The molecule has 1 aromatic heterocycles. The van der Waals surface area contributed by atoms with Gasteiger partial charge in [0.2, 0.25) is 0 Å². The van der Waals surface area contributed by atoms with Gasteiger partial charge in [-0.1, -0.05) is 24.3 Å². The van der Waals surface area contributed by atoms with Crippen LogP contribution >= 0.6 is 11.3 Å². The van der Waals surface area contributed by atoms with Crippen molar-refractivity contribution in [3.05, 3.63) is 40.4 Å². The lowest BCUT2D eigenvalue weighted by atomic mass is 10.1. The minimum absolute atomic E-state index is 0.103. The Morgan fingerprint density at radius 1 is 1.28 bits per heavy atom. The van der Waals surface area contributed by atoms with Crippen LogP contribution in [0.5, 0.6) is 0 Å². The van der Waals surface area contributed by atoms with E-state index in [1.807, 2.05) is 6.92 Å². The largest absolute Gasteiger partial charge is 0.294 e. The molecular weight excluding hydrogens is 242 g/mol. The van der Waals surface area contributed by atoms with E-state index < -0.39 is 0 Å². The molecule has 0 N–H and O–H groups in total. The molecule has 1 heterocycles. The van der Waals surface area contributed by atoms with Crippen molar-refractivity contribution in [2.75, 3.05) is 0 Å². The summed E-state index contributed by atoms with van der Waals surface area (Å²) in [6.07, 6.45) is 2.65. The molecule has 0 saturated heterocycles. The van der Waals surface area contributed by atoms with Crippen LogP contribution < -0.4 is 0 Å². The predicted octanol–water partition coefficient (Wildman–Crippen LogP) is 4.20. The minimum atomic E-state index is 0.103. The van der Waals surface area contributed by atoms with Crippen LogP contribution in [0.3, 0.4) is 0 Å². The maximum atomic E-state index is 11.4. The standard InChI is InChI=1S/C15H15NOS/c1-9-14(10(2)17)18-15(16-9)13-7-5-12(6-8-13)11-3-4-11/h5-8,11H,3-4H2,1-2H3. The van der Waals surface area contributed by atoms with Gasteiger partial charge in [-0.15, -0.1) is 11.3 Å². The summed E-state index contributed by atoms with van der Waals surface area (Å²) < 4.78 is 0. The van der Waals surface area contributed by atoms with Gasteiger partial charge in [0.25, 0.3) is 0 Å². The number of rotatable bonds is 3. The highest BCUT2D eigenvalue weighted by Crippen LogP contribution is 2.40. The number of thiazole rings is 1. The van der Waals surface area contributed by atoms with Gasteiger partial charge in [0.15, 0.2) is 5.78 Å². The third-order valence-electron chi connectivity index (χ3n) is 3.32. The second-order valence-corrected chi connectivity index (χ2v) is 5.89. The molecule has 0 atom stereocenters. The molecule has 0 aliphatic heterocycles. The molecule has 0 spiro atoms. The molecule has 0 bridgehead atoms. The molecule has 1 saturated carbocycles. The molecule has 1 aliphatic rings. The number of hydrogen-bond acceptors (Lipinski definition) is 3. The second kappa shape index (κ2) is 4.32. The second-order valence-electron chi connectivity index (χ2n) is 4.89. The Morgan fingerprint density at radius 2 is 1.94 bits per heavy atom. The lowest BCUT2D eigenvalue weighted by Crippen LogP contribution is -1.89. The zero-order chi connectivity index (χ0) is 12.7. The van der Waals surface area contributed by atoms with E-state index in [2.05, 4.69) is 29.2 Å². The van der Waals surface area contributed by atoms with E-state index in [4.69, 9.17) is 0 Å². The molecule has 92 valence electrons. The quantitative estimate of drug-likeness (QED) is 0.771. The van der Waals surface area contributed by atoms with Crippen LogP contribution in [0.1, 0.15) is 46.6 Å². The van der Waals surface area contributed by atoms with Crippen molar-refractivity contribution < 1.29 is 4.79 Å². The molecule has 1 aliphatic carbocycles. The summed E-state index contributed by atoms with van der Waals surface area (Å²) in [4.78, 5) is 16.7. The first-order chi connectivity index (χ1) is 8.65. The highest BCUT2D eigenvalue weighted by atomic mass is 32.1. The average molecular weight is 257 g/mol. The van der Waals surface area contributed by atoms with Gasteiger partial charge in [-0.25, -0.2) is 4.98 Å². The Kier molecular flexibility index (Phi) is 2.78. The van der Waals surface area contributed by atoms with E-state index >= 15 is 0 Å². The molecular formula is C15H15NOS. The highest BCUT2D eigenvalue weighted by molar-refractivity contribution is 7.17. The smallest absolute Gasteiger partial charge is 0.171 e. The summed E-state index contributed by atoms with van der Waals surface area (Å²) in [5, 5.41) is 0.944. The maximum Gasteiger partial charge on any atom is 0.171 e. The first kappa shape index (κ1) is 11.6. The Morgan fingerprint density at radius 3 is 2.44 bits per heavy atom. The van der Waals surface area contributed by atoms with Crippen LogP contribution in [0.4, 0.5) is 0 Å². The van der Waals surface area contributed by atoms with Crippen molar-refractivity contribution in [1.29, 1.82) is 0 Å². The summed E-state index contributed by atoms with van der Waals surface area (Å²) in [6.45, 7) is 3.50. The zero-order valence-corrected chi connectivity index (χ0v) is 11.4. The molecule has 2 nitrogen and oxygen atoms in total. The van der Waals surface area contributed by atoms with Crippen LogP contribution in [0.2, 0.25) is 0 Å². The number of carbonyl (C=O) groups is 1. The van der Waals surface area contributed by atoms with E-state index in [0.29, 0.717) is 0 Å². The van der Waals surface area contributed by atoms with Crippen LogP contribution in [0, 0.1) is 6.92 Å². The lowest BCUT2D eigenvalue weighted by molar-refractivity contribution is 0.102. The van der Waals surface area contributed by atoms with Crippen molar-refractivity contribution >= 4 is 17.1 Å². The van der Waals surface area contributed by atoms with Gasteiger partial charge in [0.1, 0.15) is 5.01 Å². The Balaban J connectivity index is 1.93. The lowest BCUT2D eigenvalue weighted by Gasteiger charge is -1.99. The Bertz CT molecular complexity index is 593. The van der Waals surface area contributed by atoms with Crippen molar-refractivity contribution in [3.8, 4) is 10.6 Å². The maximum absolute atomic E-state index is 11.4. The first-order valence-corrected chi connectivity index (χ1v) is 7.05. The number of carbonyl (C=O) groups excluding carboxylic acids is 1. The van der Waals surface area contributed by atoms with Crippen LogP contribution in [-0.4, -0.2) is 10.8 Å². The number of nitrogens with zero attached hydrogens (tertiary/aromatic N) is 1. The third kappa shape index (κ3) is 2.10. The molecule has 18 heavy (non-hydrogen) atoms. The first-order valence-electron chi connectivity index (χ1n) is 6.24. The molecule has 2 aromatic rings. The fourth-order valence-corrected chi connectivity index (χ4v) is 3.13. The summed E-state index contributed by atoms with van der Waals surface area (Å²) in [5.74, 6) is 0.885. The van der Waals surface area contributed by atoms with E-state index in [1.54, 1.807) is 6.92 Å². The Hall–Kier alpha value is -1.48. The van der Waals surface area contributed by atoms with Gasteiger partial charge in [0, 0.05) is 12.5 Å². The monoisotopic (exact) mass is 257 g/mol. The van der Waals surface area contributed by atoms with E-state index in [9.17, 15) is 4.79 Å². The zero-order valence-electron chi connectivity index (χ0n) is 10.6. The van der Waals surface area contributed by atoms with Gasteiger partial charge in [-0.05, 0) is 31.2 Å². The summed E-state index contributed by atoms with van der Waals surface area (Å²) >= 11 is 1.49. The van der Waals surface area contributed by atoms with Gasteiger partial charge < -0.3 is 0 Å². The number of benzene rings is 1. The molecule has 1 fully saturated rings. The predicted molar refractivity (Wildman–Crippen MR) is 74.3 cm³/mol. The fourth-order valence-electron chi connectivity index (χ4n) is 2.16. The summed E-state index contributed by atoms with van der Waals surface area (Å²) in [7, 11) is 0. The van der Waals surface area contributed by atoms with Crippen molar-refractivity contribution in [2.24, 2.45) is 0 Å². The Labute approximate surface area is 111 Å². The molecule has 1 aromatic carbocycles. The van der Waals surface area contributed by atoms with Crippen molar-refractivity contribution in [3.63, 3.8) is 0 Å². The van der Waals surface area contributed by atoms with Gasteiger partial charge in [0.05, 0.1) is 10.6 Å². The van der Waals surface area contributed by atoms with Gasteiger partial charge in [-0.3, -0.25) is 4.79 Å². The van der Waals surface area contributed by atoms with E-state index in [-0.39, 0.29) is 5.78 Å². The van der Waals surface area contributed by atoms with Crippen molar-refractivity contribution in [2.45, 2.75) is 32.6 Å². The van der Waals surface area contributed by atoms with Crippen LogP contribution in [-0.2, 0) is 0 Å². The SMILES string of the molecule is CC(=O)c1sc(-c2ccc(C3CC3)cc2)nc1C.